The summed E-state index contributed by atoms with van der Waals surface area (Å²) in [4.78, 5) is 9.55. The number of halogens is 3. The largest absolute Gasteiger partial charge is 0.367 e. The third-order valence-electron chi connectivity index (χ3n) is 5.28. The van der Waals surface area contributed by atoms with Crippen molar-refractivity contribution in [1.82, 2.24) is 9.97 Å². The van der Waals surface area contributed by atoms with E-state index in [-0.39, 0.29) is 24.8 Å². The van der Waals surface area contributed by atoms with Crippen molar-refractivity contribution in [1.29, 1.82) is 0 Å². The number of nitrogens with zero attached hydrogens (tertiary/aromatic N) is 2. The summed E-state index contributed by atoms with van der Waals surface area (Å²) in [6.07, 6.45) is 8.23. The fourth-order valence-electron chi connectivity index (χ4n) is 3.65. The molecule has 0 unspecified atom stereocenters. The molecule has 1 aromatic heterocycles. The van der Waals surface area contributed by atoms with Gasteiger partial charge in [0, 0.05) is 22.5 Å². The quantitative estimate of drug-likeness (QED) is 0.475. The van der Waals surface area contributed by atoms with Gasteiger partial charge in [0.25, 0.3) is 0 Å². The molecule has 2 aromatic carbocycles. The summed E-state index contributed by atoms with van der Waals surface area (Å²) in [5.41, 5.74) is 9.27. The van der Waals surface area contributed by atoms with Crippen LogP contribution in [0.25, 0.3) is 23.1 Å². The van der Waals surface area contributed by atoms with Crippen molar-refractivity contribution in [3.05, 3.63) is 64.4 Å². The first-order valence-corrected chi connectivity index (χ1v) is 10.2. The zero-order chi connectivity index (χ0) is 19.5. The molecule has 4 nitrogen and oxygen atoms in total. The first-order chi connectivity index (χ1) is 13.6. The minimum absolute atomic E-state index is 0. The van der Waals surface area contributed by atoms with Gasteiger partial charge < -0.3 is 11.1 Å². The summed E-state index contributed by atoms with van der Waals surface area (Å²) in [7, 11) is 0. The van der Waals surface area contributed by atoms with Gasteiger partial charge in [-0.3, -0.25) is 0 Å². The number of hydrogen-bond acceptors (Lipinski definition) is 4. The summed E-state index contributed by atoms with van der Waals surface area (Å²) < 4.78 is 0. The topological polar surface area (TPSA) is 63.8 Å². The molecule has 0 aliphatic heterocycles. The lowest BCUT2D eigenvalue weighted by Crippen LogP contribution is -2.33. The van der Waals surface area contributed by atoms with Crippen LogP contribution < -0.4 is 11.1 Å². The lowest BCUT2D eigenvalue weighted by atomic mass is 9.92. The molecule has 0 bridgehead atoms. The summed E-state index contributed by atoms with van der Waals surface area (Å²) in [5.74, 6) is 1.60. The van der Waals surface area contributed by atoms with Crippen molar-refractivity contribution in [3.8, 4) is 0 Å². The van der Waals surface area contributed by atoms with Gasteiger partial charge in [-0.1, -0.05) is 41.4 Å². The maximum Gasteiger partial charge on any atom is 0.154 e. The van der Waals surface area contributed by atoms with Crippen LogP contribution in [-0.2, 0) is 0 Å². The summed E-state index contributed by atoms with van der Waals surface area (Å²) in [6, 6.07) is 14.8. The highest BCUT2D eigenvalue weighted by atomic mass is 35.5. The molecule has 30 heavy (non-hydrogen) atoms. The average molecular weight is 466 g/mol. The molecule has 7 heteroatoms. The lowest BCUT2D eigenvalue weighted by Gasteiger charge is -2.27. The van der Waals surface area contributed by atoms with Gasteiger partial charge in [-0.2, -0.15) is 0 Å². The molecule has 0 saturated heterocycles. The van der Waals surface area contributed by atoms with Crippen molar-refractivity contribution in [2.75, 3.05) is 5.32 Å². The summed E-state index contributed by atoms with van der Waals surface area (Å²) >= 11 is 5.96. The second kappa shape index (κ2) is 11.0. The number of nitrogens with one attached hydrogen (secondary N) is 1. The number of nitrogens with two attached hydrogens (primary N) is 1. The SMILES string of the molecule is Cc1ccc2nc(C=Cc3ccc(Cl)cc3)nc(N[C@H]3CC[C@@H](N)CC3)c2c1.Cl.Cl. The van der Waals surface area contributed by atoms with E-state index in [1.807, 2.05) is 36.4 Å². The molecular formula is C23H27Cl3N4. The van der Waals surface area contributed by atoms with E-state index in [0.717, 1.165) is 53.0 Å². The smallest absolute Gasteiger partial charge is 0.154 e. The normalized spacial score (nSPS) is 18.6. The molecule has 1 saturated carbocycles. The van der Waals surface area contributed by atoms with Gasteiger partial charge in [0.2, 0.25) is 0 Å². The fourth-order valence-corrected chi connectivity index (χ4v) is 3.77. The van der Waals surface area contributed by atoms with Gasteiger partial charge in [0.15, 0.2) is 5.82 Å². The highest BCUT2D eigenvalue weighted by Crippen LogP contribution is 2.26. The van der Waals surface area contributed by atoms with Crippen LogP contribution in [0.2, 0.25) is 5.02 Å². The molecule has 1 heterocycles. The maximum absolute atomic E-state index is 6.06. The van der Waals surface area contributed by atoms with Crippen LogP contribution in [0.15, 0.2) is 42.5 Å². The Morgan fingerprint density at radius 2 is 1.67 bits per heavy atom. The number of aromatic nitrogens is 2. The average Bonchev–Trinajstić information content (AvgIpc) is 2.70. The predicted molar refractivity (Wildman–Crippen MR) is 133 cm³/mol. The number of aryl methyl sites for hydroxylation is 1. The van der Waals surface area contributed by atoms with E-state index in [9.17, 15) is 0 Å². The van der Waals surface area contributed by atoms with Gasteiger partial charge >= 0.3 is 0 Å². The molecule has 0 amide bonds. The molecular weight excluding hydrogens is 439 g/mol. The maximum atomic E-state index is 6.06. The van der Waals surface area contributed by atoms with Crippen LogP contribution in [-0.4, -0.2) is 22.1 Å². The van der Waals surface area contributed by atoms with E-state index in [2.05, 4.69) is 30.4 Å². The minimum atomic E-state index is 0. The highest BCUT2D eigenvalue weighted by Gasteiger charge is 2.19. The summed E-state index contributed by atoms with van der Waals surface area (Å²) in [6.45, 7) is 2.09. The van der Waals surface area contributed by atoms with Crippen molar-refractivity contribution in [3.63, 3.8) is 0 Å². The fraction of sp³-hybridized carbons (Fsp3) is 0.304. The Labute approximate surface area is 195 Å². The third kappa shape index (κ3) is 6.08. The van der Waals surface area contributed by atoms with Crippen LogP contribution in [0.1, 0.15) is 42.6 Å². The molecule has 0 atom stereocenters. The Morgan fingerprint density at radius 1 is 0.967 bits per heavy atom. The number of anilines is 1. The number of fused-ring (bicyclic) bond motifs is 1. The molecule has 0 spiro atoms. The zero-order valence-electron chi connectivity index (χ0n) is 16.8. The second-order valence-electron chi connectivity index (χ2n) is 7.59. The zero-order valence-corrected chi connectivity index (χ0v) is 19.2. The van der Waals surface area contributed by atoms with Crippen LogP contribution in [0.4, 0.5) is 5.82 Å². The third-order valence-corrected chi connectivity index (χ3v) is 5.53. The Bertz CT molecular complexity index is 997. The molecule has 1 fully saturated rings. The van der Waals surface area contributed by atoms with Crippen molar-refractivity contribution in [2.45, 2.75) is 44.7 Å². The highest BCUT2D eigenvalue weighted by molar-refractivity contribution is 6.30. The van der Waals surface area contributed by atoms with Gasteiger partial charge in [-0.05, 0) is 68.5 Å². The summed E-state index contributed by atoms with van der Waals surface area (Å²) in [5, 5.41) is 5.46. The van der Waals surface area contributed by atoms with Crippen LogP contribution in [0.5, 0.6) is 0 Å². The van der Waals surface area contributed by atoms with Gasteiger partial charge in [0.05, 0.1) is 5.52 Å². The predicted octanol–water partition coefficient (Wildman–Crippen LogP) is 6.29. The monoisotopic (exact) mass is 464 g/mol. The molecule has 1 aliphatic rings. The number of rotatable bonds is 4. The van der Waals surface area contributed by atoms with Crippen LogP contribution in [0.3, 0.4) is 0 Å². The van der Waals surface area contributed by atoms with E-state index in [4.69, 9.17) is 27.3 Å². The number of hydrogen-bond donors (Lipinski definition) is 2. The second-order valence-corrected chi connectivity index (χ2v) is 8.03. The van der Waals surface area contributed by atoms with E-state index >= 15 is 0 Å². The lowest BCUT2D eigenvalue weighted by molar-refractivity contribution is 0.410. The van der Waals surface area contributed by atoms with Crippen LogP contribution >= 0.6 is 36.4 Å². The Balaban J connectivity index is 0.00000160. The molecule has 160 valence electrons. The van der Waals surface area contributed by atoms with E-state index in [1.165, 1.54) is 5.56 Å². The minimum Gasteiger partial charge on any atom is -0.367 e. The standard InChI is InChI=1S/C23H25ClN4.2ClH/c1-15-2-12-21-20(14-15)23(26-19-10-8-18(25)9-11-19)28-22(27-21)13-5-16-3-6-17(24)7-4-16;;/h2-7,12-14,18-19H,8-11,25H2,1H3,(H,26,27,28);2*1H/t18-,19+;;. The van der Waals surface area contributed by atoms with E-state index < -0.39 is 0 Å². The van der Waals surface area contributed by atoms with Crippen molar-refractivity contribution < 1.29 is 0 Å². The van der Waals surface area contributed by atoms with E-state index in [0.29, 0.717) is 17.9 Å². The molecule has 1 aliphatic carbocycles. The Morgan fingerprint density at radius 3 is 2.37 bits per heavy atom. The van der Waals surface area contributed by atoms with Crippen molar-refractivity contribution in [2.24, 2.45) is 5.73 Å². The molecule has 4 rings (SSSR count). The van der Waals surface area contributed by atoms with Gasteiger partial charge in [-0.25, -0.2) is 9.97 Å². The van der Waals surface area contributed by atoms with Gasteiger partial charge in [0.1, 0.15) is 5.82 Å². The van der Waals surface area contributed by atoms with Gasteiger partial charge in [-0.15, -0.1) is 24.8 Å². The first-order valence-electron chi connectivity index (χ1n) is 9.81. The molecule has 0 radical (unpaired) electrons. The first kappa shape index (κ1) is 24.4. The van der Waals surface area contributed by atoms with Crippen molar-refractivity contribution >= 4 is 65.3 Å². The Hall–Kier alpha value is -1.85. The Kier molecular flexibility index (Phi) is 8.92. The van der Waals surface area contributed by atoms with Crippen LogP contribution in [0, 0.1) is 6.92 Å². The molecule has 3 N–H and O–H groups in total. The number of benzene rings is 2. The van der Waals surface area contributed by atoms with E-state index in [1.54, 1.807) is 0 Å². The molecule has 3 aromatic rings.